The summed E-state index contributed by atoms with van der Waals surface area (Å²) in [7, 11) is 0. The summed E-state index contributed by atoms with van der Waals surface area (Å²) in [6.45, 7) is 8.40. The molecular weight excluding hydrogens is 345 g/mol. The first-order valence-electron chi connectivity index (χ1n) is 8.54. The molecule has 1 aromatic carbocycles. The Kier molecular flexibility index (Phi) is 8.51. The molecule has 0 unspecified atom stereocenters. The Labute approximate surface area is 157 Å². The molecule has 0 spiro atoms. The fraction of sp³-hybridized carbons (Fsp3) is 0.611. The molecule has 0 aliphatic carbocycles. The minimum absolute atomic E-state index is 0. The second-order valence-electron chi connectivity index (χ2n) is 6.72. The van der Waals surface area contributed by atoms with Gasteiger partial charge in [0.05, 0.1) is 0 Å². The fourth-order valence-electron chi connectivity index (χ4n) is 3.69. The summed E-state index contributed by atoms with van der Waals surface area (Å²) in [6, 6.07) is 6.74. The number of nitrogens with zero attached hydrogens (tertiary/aromatic N) is 1. The minimum atomic E-state index is 0. The van der Waals surface area contributed by atoms with Gasteiger partial charge in [0.25, 0.3) is 0 Å². The van der Waals surface area contributed by atoms with Gasteiger partial charge in [0.2, 0.25) is 5.91 Å². The Hall–Kier alpha value is -0.810. The zero-order valence-electron chi connectivity index (χ0n) is 14.5. The topological polar surface area (TPSA) is 44.4 Å². The van der Waals surface area contributed by atoms with E-state index in [2.05, 4.69) is 47.6 Å². The third-order valence-electron chi connectivity index (χ3n) is 4.84. The predicted octanol–water partition coefficient (Wildman–Crippen LogP) is 3.58. The second kappa shape index (κ2) is 9.62. The summed E-state index contributed by atoms with van der Waals surface area (Å²) in [4.78, 5) is 15.0. The van der Waals surface area contributed by atoms with E-state index in [1.54, 1.807) is 0 Å². The largest absolute Gasteiger partial charge is 0.326 e. The van der Waals surface area contributed by atoms with E-state index in [-0.39, 0.29) is 36.6 Å². The number of anilines is 1. The van der Waals surface area contributed by atoms with Gasteiger partial charge < -0.3 is 10.6 Å². The number of hydrogen-bond acceptors (Lipinski definition) is 3. The molecule has 4 nitrogen and oxygen atoms in total. The highest BCUT2D eigenvalue weighted by Gasteiger charge is 2.27. The molecule has 3 rings (SSSR count). The lowest BCUT2D eigenvalue weighted by atomic mass is 9.92. The summed E-state index contributed by atoms with van der Waals surface area (Å²) in [5, 5.41) is 6.61. The molecule has 2 aliphatic rings. The first-order valence-corrected chi connectivity index (χ1v) is 8.54. The molecule has 1 aromatic rings. The second-order valence-corrected chi connectivity index (χ2v) is 6.72. The average molecular weight is 374 g/mol. The van der Waals surface area contributed by atoms with Gasteiger partial charge in [-0.05, 0) is 56.5 Å². The maximum absolute atomic E-state index is 12.6. The van der Waals surface area contributed by atoms with Crippen molar-refractivity contribution in [2.24, 2.45) is 5.92 Å². The van der Waals surface area contributed by atoms with Gasteiger partial charge in [-0.2, -0.15) is 0 Å². The van der Waals surface area contributed by atoms with E-state index in [1.807, 2.05) is 0 Å². The maximum Gasteiger partial charge on any atom is 0.227 e. The Morgan fingerprint density at radius 2 is 2.12 bits per heavy atom. The van der Waals surface area contributed by atoms with Crippen LogP contribution in [0.25, 0.3) is 0 Å². The third kappa shape index (κ3) is 4.85. The zero-order chi connectivity index (χ0) is 15.5. The molecule has 1 saturated heterocycles. The van der Waals surface area contributed by atoms with E-state index in [0.29, 0.717) is 6.04 Å². The number of piperidine rings is 1. The lowest BCUT2D eigenvalue weighted by molar-refractivity contribution is -0.120. The van der Waals surface area contributed by atoms with E-state index in [1.165, 1.54) is 17.5 Å². The smallest absolute Gasteiger partial charge is 0.227 e. The molecule has 2 aliphatic heterocycles. The van der Waals surface area contributed by atoms with Gasteiger partial charge in [-0.3, -0.25) is 9.69 Å². The van der Waals surface area contributed by atoms with Crippen LogP contribution in [-0.2, 0) is 17.9 Å². The Balaban J connectivity index is 0.00000144. The highest BCUT2D eigenvalue weighted by molar-refractivity contribution is 5.93. The molecule has 2 N–H and O–H groups in total. The molecule has 0 radical (unpaired) electrons. The third-order valence-corrected chi connectivity index (χ3v) is 4.84. The van der Waals surface area contributed by atoms with Gasteiger partial charge in [-0.1, -0.05) is 19.1 Å². The fourth-order valence-corrected chi connectivity index (χ4v) is 3.69. The monoisotopic (exact) mass is 373 g/mol. The van der Waals surface area contributed by atoms with Crippen molar-refractivity contribution < 1.29 is 4.79 Å². The van der Waals surface area contributed by atoms with Crippen LogP contribution in [-0.4, -0.2) is 29.9 Å². The maximum atomic E-state index is 12.6. The zero-order valence-corrected chi connectivity index (χ0v) is 16.1. The number of nitrogens with one attached hydrogen (secondary N) is 2. The number of amides is 1. The Bertz CT molecular complexity index is 553. The molecule has 1 fully saturated rings. The quantitative estimate of drug-likeness (QED) is 0.847. The van der Waals surface area contributed by atoms with Crippen molar-refractivity contribution >= 4 is 36.4 Å². The van der Waals surface area contributed by atoms with E-state index < -0.39 is 0 Å². The normalized spacial score (nSPS) is 22.9. The van der Waals surface area contributed by atoms with Gasteiger partial charge in [-0.15, -0.1) is 24.8 Å². The van der Waals surface area contributed by atoms with Gasteiger partial charge in [0, 0.05) is 30.7 Å². The van der Waals surface area contributed by atoms with Crippen LogP contribution in [0, 0.1) is 5.92 Å². The summed E-state index contributed by atoms with van der Waals surface area (Å²) in [5.74, 6) is 0.330. The van der Waals surface area contributed by atoms with Gasteiger partial charge in [0.15, 0.2) is 0 Å². The van der Waals surface area contributed by atoms with Crippen molar-refractivity contribution in [2.45, 2.75) is 52.2 Å². The van der Waals surface area contributed by atoms with Crippen LogP contribution < -0.4 is 10.6 Å². The van der Waals surface area contributed by atoms with Gasteiger partial charge in [0.1, 0.15) is 0 Å². The molecule has 6 heteroatoms. The molecule has 1 amide bonds. The van der Waals surface area contributed by atoms with Crippen molar-refractivity contribution in [3.8, 4) is 0 Å². The number of hydrogen-bond donors (Lipinski definition) is 2. The predicted molar refractivity (Wildman–Crippen MR) is 104 cm³/mol. The van der Waals surface area contributed by atoms with Crippen LogP contribution in [0.15, 0.2) is 18.2 Å². The lowest BCUT2D eigenvalue weighted by Crippen LogP contribution is -2.40. The molecule has 24 heavy (non-hydrogen) atoms. The van der Waals surface area contributed by atoms with E-state index in [9.17, 15) is 4.79 Å². The number of carbonyl (C=O) groups excluding carboxylic acids is 1. The number of rotatable bonds is 4. The molecule has 136 valence electrons. The van der Waals surface area contributed by atoms with Crippen LogP contribution in [0.4, 0.5) is 5.69 Å². The summed E-state index contributed by atoms with van der Waals surface area (Å²) < 4.78 is 0. The molecule has 0 saturated carbocycles. The van der Waals surface area contributed by atoms with Crippen LogP contribution >= 0.6 is 24.8 Å². The van der Waals surface area contributed by atoms with Crippen molar-refractivity contribution in [2.75, 3.05) is 18.4 Å². The highest BCUT2D eigenvalue weighted by Crippen LogP contribution is 2.30. The number of carbonyl (C=O) groups is 1. The van der Waals surface area contributed by atoms with Crippen molar-refractivity contribution in [3.63, 3.8) is 0 Å². The first kappa shape index (κ1) is 21.2. The first-order chi connectivity index (χ1) is 10.7. The summed E-state index contributed by atoms with van der Waals surface area (Å²) in [6.07, 6.45) is 3.04. The van der Waals surface area contributed by atoms with Crippen LogP contribution in [0.5, 0.6) is 0 Å². The SMILES string of the molecule is CCCN1Cc2cccc(NC(=O)[C@H]3CCN[C@@H](C)C3)c2C1.Cl.Cl. The van der Waals surface area contributed by atoms with Crippen LogP contribution in [0.3, 0.4) is 0 Å². The van der Waals surface area contributed by atoms with Gasteiger partial charge in [-0.25, -0.2) is 0 Å². The van der Waals surface area contributed by atoms with Crippen molar-refractivity contribution in [3.05, 3.63) is 29.3 Å². The van der Waals surface area contributed by atoms with Crippen molar-refractivity contribution in [1.29, 1.82) is 0 Å². The average Bonchev–Trinajstić information content (AvgIpc) is 2.91. The Morgan fingerprint density at radius 1 is 1.33 bits per heavy atom. The molecular formula is C18H29Cl2N3O. The summed E-state index contributed by atoms with van der Waals surface area (Å²) >= 11 is 0. The van der Waals surface area contributed by atoms with Gasteiger partial charge >= 0.3 is 0 Å². The number of benzene rings is 1. The lowest BCUT2D eigenvalue weighted by Gasteiger charge is -2.27. The molecule has 2 heterocycles. The molecule has 0 bridgehead atoms. The molecule has 2 atom stereocenters. The number of fused-ring (bicyclic) bond motifs is 1. The van der Waals surface area contributed by atoms with E-state index >= 15 is 0 Å². The van der Waals surface area contributed by atoms with E-state index in [0.717, 1.165) is 44.7 Å². The Morgan fingerprint density at radius 3 is 2.83 bits per heavy atom. The molecule has 0 aromatic heterocycles. The van der Waals surface area contributed by atoms with Crippen molar-refractivity contribution in [1.82, 2.24) is 10.2 Å². The van der Waals surface area contributed by atoms with Crippen LogP contribution in [0.1, 0.15) is 44.2 Å². The standard InChI is InChI=1S/C18H27N3O.2ClH/c1-3-9-21-11-15-5-4-6-17(16(15)12-21)20-18(22)14-7-8-19-13(2)10-14;;/h4-6,13-14,19H,3,7-12H2,1-2H3,(H,20,22);2*1H/t13-,14-;;/m0../s1. The highest BCUT2D eigenvalue weighted by atomic mass is 35.5. The van der Waals surface area contributed by atoms with Crippen LogP contribution in [0.2, 0.25) is 0 Å². The van der Waals surface area contributed by atoms with E-state index in [4.69, 9.17) is 0 Å². The number of halogens is 2. The minimum Gasteiger partial charge on any atom is -0.326 e. The summed E-state index contributed by atoms with van der Waals surface area (Å²) in [5.41, 5.74) is 3.70.